The van der Waals surface area contributed by atoms with E-state index in [0.29, 0.717) is 12.6 Å². The van der Waals surface area contributed by atoms with Crippen LogP contribution in [0.2, 0.25) is 0 Å². The third-order valence-corrected chi connectivity index (χ3v) is 10.4. The summed E-state index contributed by atoms with van der Waals surface area (Å²) in [5, 5.41) is 15.0. The first-order valence-electron chi connectivity index (χ1n) is 18.2. The number of carbonyl (C=O) groups is 2. The molecule has 3 aromatic carbocycles. The van der Waals surface area contributed by atoms with E-state index in [1.807, 2.05) is 36.4 Å². The fourth-order valence-electron chi connectivity index (χ4n) is 7.54. The van der Waals surface area contributed by atoms with Gasteiger partial charge < -0.3 is 34.9 Å². The van der Waals surface area contributed by atoms with Crippen molar-refractivity contribution in [1.82, 2.24) is 20.4 Å². The molecule has 0 unspecified atom stereocenters. The average Bonchev–Trinajstić information content (AvgIpc) is 3.83. The van der Waals surface area contributed by atoms with Gasteiger partial charge in [-0.3, -0.25) is 9.69 Å². The quantitative estimate of drug-likeness (QED) is 0.201. The Balaban J connectivity index is 1.17. The van der Waals surface area contributed by atoms with Crippen LogP contribution in [0.25, 0.3) is 11.1 Å². The van der Waals surface area contributed by atoms with E-state index in [4.69, 9.17) is 14.2 Å². The molecule has 6 rings (SSSR count). The van der Waals surface area contributed by atoms with Gasteiger partial charge in [-0.2, -0.15) is 0 Å². The second-order valence-electron chi connectivity index (χ2n) is 13.7. The van der Waals surface area contributed by atoms with Crippen LogP contribution < -0.4 is 10.6 Å². The van der Waals surface area contributed by atoms with E-state index >= 15 is 0 Å². The number of aliphatic hydroxyl groups excluding tert-OH is 1. The van der Waals surface area contributed by atoms with E-state index in [-0.39, 0.29) is 37.9 Å². The molecule has 3 aromatic rings. The standard InChI is InChI=1S/C40H52N4O6/c1-3-48-37(46)24-42-40(47)41-23-33-9-4-5-11-35(33)30-16-18-32(19-17-30)39-49-36(26-44-22-8-10-34(44)25-43-20-6-7-21-43)28(2)38(50-39)31-14-12-29(27-45)13-15-31/h4-5,9,11-19,28,34,36,38-39,45H,3,6-8,10,20-27H2,1-2H3,(H2,41,42,47)/t28-,34+,36+,38+,39+/m1/s1. The van der Waals surface area contributed by atoms with Crippen molar-refractivity contribution in [3.05, 3.63) is 95.1 Å². The van der Waals surface area contributed by atoms with Gasteiger partial charge in [-0.25, -0.2) is 4.79 Å². The van der Waals surface area contributed by atoms with E-state index in [9.17, 15) is 14.7 Å². The number of benzene rings is 3. The van der Waals surface area contributed by atoms with Gasteiger partial charge in [0.1, 0.15) is 6.54 Å². The first kappa shape index (κ1) is 36.0. The third-order valence-electron chi connectivity index (χ3n) is 10.4. The molecule has 0 radical (unpaired) electrons. The largest absolute Gasteiger partial charge is 0.465 e. The molecule has 3 N–H and O–H groups in total. The van der Waals surface area contributed by atoms with Crippen LogP contribution in [-0.2, 0) is 32.2 Å². The second-order valence-corrected chi connectivity index (χ2v) is 13.7. The Morgan fingerprint density at radius 3 is 2.36 bits per heavy atom. The molecule has 0 saturated carbocycles. The zero-order valence-electron chi connectivity index (χ0n) is 29.4. The van der Waals surface area contributed by atoms with E-state index in [1.165, 1.54) is 38.8 Å². The van der Waals surface area contributed by atoms with Gasteiger partial charge in [0.25, 0.3) is 0 Å². The maximum Gasteiger partial charge on any atom is 0.325 e. The topological polar surface area (TPSA) is 113 Å². The predicted molar refractivity (Wildman–Crippen MR) is 192 cm³/mol. The van der Waals surface area contributed by atoms with Crippen molar-refractivity contribution in [2.75, 3.05) is 45.9 Å². The van der Waals surface area contributed by atoms with Gasteiger partial charge in [-0.15, -0.1) is 0 Å². The van der Waals surface area contributed by atoms with Gasteiger partial charge in [0, 0.05) is 37.2 Å². The first-order chi connectivity index (χ1) is 24.4. The summed E-state index contributed by atoms with van der Waals surface area (Å²) in [6.45, 7) is 9.90. The summed E-state index contributed by atoms with van der Waals surface area (Å²) in [7, 11) is 0. The highest BCUT2D eigenvalue weighted by molar-refractivity contribution is 5.81. The minimum Gasteiger partial charge on any atom is -0.465 e. The molecule has 3 heterocycles. The molecular weight excluding hydrogens is 632 g/mol. The van der Waals surface area contributed by atoms with Gasteiger partial charge in [-0.1, -0.05) is 79.7 Å². The lowest BCUT2D eigenvalue weighted by molar-refractivity contribution is -0.276. The van der Waals surface area contributed by atoms with Gasteiger partial charge in [0.2, 0.25) is 0 Å². The van der Waals surface area contributed by atoms with Crippen LogP contribution in [0.3, 0.4) is 0 Å². The molecule has 3 aliphatic heterocycles. The Labute approximate surface area is 296 Å². The van der Waals surface area contributed by atoms with Gasteiger partial charge in [-0.05, 0) is 80.1 Å². The number of ether oxygens (including phenoxy) is 3. The highest BCUT2D eigenvalue weighted by Crippen LogP contribution is 2.42. The molecule has 0 aliphatic carbocycles. The summed E-state index contributed by atoms with van der Waals surface area (Å²) in [6, 6.07) is 24.5. The molecule has 0 bridgehead atoms. The third kappa shape index (κ3) is 9.10. The van der Waals surface area contributed by atoms with Crippen LogP contribution in [0.1, 0.15) is 74.2 Å². The van der Waals surface area contributed by atoms with Crippen LogP contribution in [-0.4, -0.2) is 84.9 Å². The minimum atomic E-state index is -0.535. The lowest BCUT2D eigenvalue weighted by atomic mass is 9.89. The van der Waals surface area contributed by atoms with Crippen LogP contribution in [0, 0.1) is 5.92 Å². The summed E-state index contributed by atoms with van der Waals surface area (Å²) >= 11 is 0. The zero-order chi connectivity index (χ0) is 34.9. The summed E-state index contributed by atoms with van der Waals surface area (Å²) in [4.78, 5) is 29.2. The molecule has 10 heteroatoms. The summed E-state index contributed by atoms with van der Waals surface area (Å²) in [6.07, 6.45) is 4.37. The van der Waals surface area contributed by atoms with E-state index < -0.39 is 18.3 Å². The number of esters is 1. The van der Waals surface area contributed by atoms with Crippen molar-refractivity contribution in [1.29, 1.82) is 0 Å². The van der Waals surface area contributed by atoms with Crippen LogP contribution in [0.4, 0.5) is 4.79 Å². The van der Waals surface area contributed by atoms with Crippen molar-refractivity contribution >= 4 is 12.0 Å². The van der Waals surface area contributed by atoms with Crippen molar-refractivity contribution in [3.8, 4) is 11.1 Å². The van der Waals surface area contributed by atoms with Gasteiger partial charge in [0.15, 0.2) is 6.29 Å². The predicted octanol–water partition coefficient (Wildman–Crippen LogP) is 5.56. The maximum absolute atomic E-state index is 12.3. The van der Waals surface area contributed by atoms with Crippen molar-refractivity contribution in [3.63, 3.8) is 0 Å². The monoisotopic (exact) mass is 684 g/mol. The smallest absolute Gasteiger partial charge is 0.325 e. The number of aliphatic hydroxyl groups is 1. The van der Waals surface area contributed by atoms with Crippen LogP contribution in [0.15, 0.2) is 72.8 Å². The fraction of sp³-hybridized carbons (Fsp3) is 0.500. The van der Waals surface area contributed by atoms with Crippen molar-refractivity contribution in [2.45, 2.75) is 77.2 Å². The molecule has 5 atom stereocenters. The van der Waals surface area contributed by atoms with Crippen molar-refractivity contribution in [2.24, 2.45) is 5.92 Å². The highest BCUT2D eigenvalue weighted by atomic mass is 16.7. The van der Waals surface area contributed by atoms with Gasteiger partial charge in [0.05, 0.1) is 25.4 Å². The SMILES string of the molecule is CCOC(=O)CNC(=O)NCc1ccccc1-c1ccc([C@H]2O[C@@H](CN3CCC[C@H]3CN3CCCC3)[C@@H](C)[C@@H](c3ccc(CO)cc3)O2)cc1. The maximum atomic E-state index is 12.3. The summed E-state index contributed by atoms with van der Waals surface area (Å²) in [5.41, 5.74) is 5.88. The minimum absolute atomic E-state index is 0.0112. The molecule has 50 heavy (non-hydrogen) atoms. The fourth-order valence-corrected chi connectivity index (χ4v) is 7.54. The summed E-state index contributed by atoms with van der Waals surface area (Å²) in [5.74, 6) is -0.342. The number of nitrogens with zero attached hydrogens (tertiary/aromatic N) is 2. The molecule has 3 saturated heterocycles. The van der Waals surface area contributed by atoms with E-state index in [1.54, 1.807) is 6.92 Å². The normalized spacial score (nSPS) is 24.3. The van der Waals surface area contributed by atoms with Gasteiger partial charge >= 0.3 is 12.0 Å². The number of hydrogen-bond donors (Lipinski definition) is 3. The van der Waals surface area contributed by atoms with Crippen molar-refractivity contribution < 1.29 is 28.9 Å². The molecule has 268 valence electrons. The first-order valence-corrected chi connectivity index (χ1v) is 18.2. The molecule has 2 amide bonds. The zero-order valence-corrected chi connectivity index (χ0v) is 29.4. The number of hydrogen-bond acceptors (Lipinski definition) is 8. The molecule has 10 nitrogen and oxygen atoms in total. The number of nitrogens with one attached hydrogen (secondary N) is 2. The molecule has 3 fully saturated rings. The number of urea groups is 1. The Bertz CT molecular complexity index is 1540. The lowest BCUT2D eigenvalue weighted by Crippen LogP contribution is -2.48. The average molecular weight is 685 g/mol. The molecule has 0 aromatic heterocycles. The highest BCUT2D eigenvalue weighted by Gasteiger charge is 2.41. The number of likely N-dealkylation sites (tertiary alicyclic amines) is 2. The van der Waals surface area contributed by atoms with E-state index in [2.05, 4.69) is 63.8 Å². The lowest BCUT2D eigenvalue weighted by Gasteiger charge is -2.43. The Kier molecular flexibility index (Phi) is 12.5. The second kappa shape index (κ2) is 17.4. The Hall–Kier alpha value is -3.80. The Morgan fingerprint density at radius 1 is 0.880 bits per heavy atom. The number of carbonyl (C=O) groups excluding carboxylic acids is 2. The van der Waals surface area contributed by atoms with E-state index in [0.717, 1.165) is 53.0 Å². The number of rotatable bonds is 13. The van der Waals surface area contributed by atoms with Crippen LogP contribution in [0.5, 0.6) is 0 Å². The van der Waals surface area contributed by atoms with Crippen LogP contribution >= 0.6 is 0 Å². The molecule has 0 spiro atoms. The Morgan fingerprint density at radius 2 is 1.62 bits per heavy atom. The molecule has 3 aliphatic rings. The summed E-state index contributed by atoms with van der Waals surface area (Å²) < 4.78 is 18.5. The number of amides is 2. The molecular formula is C40H52N4O6.